The van der Waals surface area contributed by atoms with Crippen molar-refractivity contribution < 1.29 is 28.5 Å². The van der Waals surface area contributed by atoms with E-state index in [0.717, 1.165) is 17.7 Å². The van der Waals surface area contributed by atoms with E-state index in [2.05, 4.69) is 0 Å². The summed E-state index contributed by atoms with van der Waals surface area (Å²) in [6, 6.07) is 13.0. The first-order chi connectivity index (χ1) is 16.2. The highest BCUT2D eigenvalue weighted by molar-refractivity contribution is 5.92. The second-order valence-corrected chi connectivity index (χ2v) is 8.10. The minimum Gasteiger partial charge on any atom is -0.490 e. The molecule has 1 atom stereocenters. The van der Waals surface area contributed by atoms with Crippen molar-refractivity contribution in [3.8, 4) is 23.0 Å². The van der Waals surface area contributed by atoms with Crippen LogP contribution in [-0.2, 0) is 9.59 Å². The summed E-state index contributed by atoms with van der Waals surface area (Å²) in [5.41, 5.74) is 0.871. The zero-order chi connectivity index (χ0) is 22.6. The van der Waals surface area contributed by atoms with Gasteiger partial charge in [0.1, 0.15) is 6.61 Å². The predicted octanol–water partition coefficient (Wildman–Crippen LogP) is 2.37. The zero-order valence-electron chi connectivity index (χ0n) is 18.3. The number of para-hydroxylation sites is 2. The number of carbonyl (C=O) groups excluding carboxylic acids is 2. The molecule has 1 saturated heterocycles. The van der Waals surface area contributed by atoms with Crippen LogP contribution in [0.15, 0.2) is 48.5 Å². The summed E-state index contributed by atoms with van der Waals surface area (Å²) >= 11 is 0. The van der Waals surface area contributed by atoms with Gasteiger partial charge >= 0.3 is 0 Å². The third-order valence-corrected chi connectivity index (χ3v) is 5.88. The van der Waals surface area contributed by atoms with Gasteiger partial charge in [0.05, 0.1) is 13.2 Å². The number of hydrogen-bond donors (Lipinski definition) is 0. The van der Waals surface area contributed by atoms with Crippen LogP contribution in [-0.4, -0.2) is 73.7 Å². The SMILES string of the molecule is O=C(/C=C/c1ccc2c(c1)OCCCO2)N1CCN(C(=O)C2COc3ccccc3O2)CC1. The first-order valence-corrected chi connectivity index (χ1v) is 11.2. The molecule has 0 radical (unpaired) electrons. The van der Waals surface area contributed by atoms with Crippen LogP contribution in [0.25, 0.3) is 6.08 Å². The Hall–Kier alpha value is -3.68. The van der Waals surface area contributed by atoms with E-state index in [0.29, 0.717) is 56.6 Å². The minimum atomic E-state index is -0.665. The van der Waals surface area contributed by atoms with Gasteiger partial charge < -0.3 is 28.7 Å². The van der Waals surface area contributed by atoms with E-state index in [1.54, 1.807) is 28.0 Å². The van der Waals surface area contributed by atoms with Crippen molar-refractivity contribution in [3.05, 3.63) is 54.1 Å². The van der Waals surface area contributed by atoms with Crippen molar-refractivity contribution in [2.24, 2.45) is 0 Å². The lowest BCUT2D eigenvalue weighted by atomic mass is 10.1. The molecule has 1 unspecified atom stereocenters. The smallest absolute Gasteiger partial charge is 0.267 e. The molecule has 0 spiro atoms. The highest BCUT2D eigenvalue weighted by Gasteiger charge is 2.33. The third-order valence-electron chi connectivity index (χ3n) is 5.88. The van der Waals surface area contributed by atoms with E-state index in [-0.39, 0.29) is 18.4 Å². The van der Waals surface area contributed by atoms with E-state index >= 15 is 0 Å². The largest absolute Gasteiger partial charge is 0.490 e. The molecule has 3 heterocycles. The Morgan fingerprint density at radius 1 is 0.818 bits per heavy atom. The van der Waals surface area contributed by atoms with Crippen molar-refractivity contribution in [2.45, 2.75) is 12.5 Å². The highest BCUT2D eigenvalue weighted by Crippen LogP contribution is 2.32. The van der Waals surface area contributed by atoms with E-state index in [9.17, 15) is 9.59 Å². The maximum absolute atomic E-state index is 12.9. The van der Waals surface area contributed by atoms with Crippen LogP contribution >= 0.6 is 0 Å². The van der Waals surface area contributed by atoms with Crippen LogP contribution < -0.4 is 18.9 Å². The Kier molecular flexibility index (Phi) is 6.06. The van der Waals surface area contributed by atoms with Crippen LogP contribution in [0, 0.1) is 0 Å². The molecule has 0 aliphatic carbocycles. The Morgan fingerprint density at radius 3 is 2.33 bits per heavy atom. The van der Waals surface area contributed by atoms with E-state index in [1.165, 1.54) is 0 Å². The number of rotatable bonds is 3. The molecule has 1 fully saturated rings. The monoisotopic (exact) mass is 450 g/mol. The molecule has 3 aliphatic rings. The number of hydrogen-bond acceptors (Lipinski definition) is 6. The summed E-state index contributed by atoms with van der Waals surface area (Å²) in [5, 5.41) is 0. The van der Waals surface area contributed by atoms with Gasteiger partial charge in [0.2, 0.25) is 12.0 Å². The second-order valence-electron chi connectivity index (χ2n) is 8.10. The standard InChI is InChI=1S/C25H26N2O6/c28-24(9-7-18-6-8-20-22(16-18)31-15-3-14-30-20)26-10-12-27(13-11-26)25(29)23-17-32-19-4-1-2-5-21(19)33-23/h1-2,4-9,16,23H,3,10-15,17H2/b9-7+. The fourth-order valence-electron chi connectivity index (χ4n) is 4.05. The first-order valence-electron chi connectivity index (χ1n) is 11.2. The fourth-order valence-corrected chi connectivity index (χ4v) is 4.05. The van der Waals surface area contributed by atoms with Crippen molar-refractivity contribution in [1.82, 2.24) is 9.80 Å². The average molecular weight is 450 g/mol. The van der Waals surface area contributed by atoms with Gasteiger partial charge in [0.25, 0.3) is 5.91 Å². The number of piperazine rings is 1. The molecule has 2 aromatic rings. The molecule has 0 N–H and O–H groups in total. The van der Waals surface area contributed by atoms with Gasteiger partial charge in [-0.05, 0) is 35.9 Å². The molecule has 8 heteroatoms. The fraction of sp³-hybridized carbons (Fsp3) is 0.360. The molecule has 33 heavy (non-hydrogen) atoms. The summed E-state index contributed by atoms with van der Waals surface area (Å²) in [5.74, 6) is 2.46. The topological polar surface area (TPSA) is 77.5 Å². The molecule has 2 amide bonds. The van der Waals surface area contributed by atoms with Gasteiger partial charge in [0, 0.05) is 38.7 Å². The van der Waals surface area contributed by atoms with Crippen LogP contribution in [0.3, 0.4) is 0 Å². The Labute approximate surface area is 192 Å². The quantitative estimate of drug-likeness (QED) is 0.669. The van der Waals surface area contributed by atoms with Crippen LogP contribution in [0.1, 0.15) is 12.0 Å². The molecule has 3 aliphatic heterocycles. The molecular weight excluding hydrogens is 424 g/mol. The van der Waals surface area contributed by atoms with Gasteiger partial charge in [-0.2, -0.15) is 0 Å². The minimum absolute atomic E-state index is 0.0830. The van der Waals surface area contributed by atoms with E-state index < -0.39 is 6.10 Å². The number of nitrogens with zero attached hydrogens (tertiary/aromatic N) is 2. The van der Waals surface area contributed by atoms with Gasteiger partial charge in [-0.3, -0.25) is 9.59 Å². The lowest BCUT2D eigenvalue weighted by Crippen LogP contribution is -2.54. The summed E-state index contributed by atoms with van der Waals surface area (Å²) in [6.45, 7) is 3.32. The second kappa shape index (κ2) is 9.44. The molecule has 0 saturated carbocycles. The molecule has 8 nitrogen and oxygen atoms in total. The van der Waals surface area contributed by atoms with Gasteiger partial charge in [-0.1, -0.05) is 18.2 Å². The number of benzene rings is 2. The van der Waals surface area contributed by atoms with Gasteiger partial charge in [0.15, 0.2) is 23.0 Å². The predicted molar refractivity (Wildman–Crippen MR) is 121 cm³/mol. The van der Waals surface area contributed by atoms with Gasteiger partial charge in [-0.25, -0.2) is 0 Å². The third kappa shape index (κ3) is 4.74. The molecule has 0 bridgehead atoms. The van der Waals surface area contributed by atoms with Crippen LogP contribution in [0.5, 0.6) is 23.0 Å². The maximum atomic E-state index is 12.9. The summed E-state index contributed by atoms with van der Waals surface area (Å²) in [4.78, 5) is 29.0. The number of fused-ring (bicyclic) bond motifs is 2. The molecule has 172 valence electrons. The lowest BCUT2D eigenvalue weighted by molar-refractivity contribution is -0.145. The highest BCUT2D eigenvalue weighted by atomic mass is 16.6. The Morgan fingerprint density at radius 2 is 1.52 bits per heavy atom. The summed E-state index contributed by atoms with van der Waals surface area (Å²) in [6.07, 6.45) is 3.52. The van der Waals surface area contributed by atoms with Crippen LogP contribution in [0.4, 0.5) is 0 Å². The molecular formula is C25H26N2O6. The Balaban J connectivity index is 1.14. The number of amides is 2. The van der Waals surface area contributed by atoms with Crippen molar-refractivity contribution >= 4 is 17.9 Å². The average Bonchev–Trinajstić information content (AvgIpc) is 3.11. The first kappa shape index (κ1) is 21.2. The summed E-state index contributed by atoms with van der Waals surface area (Å²) in [7, 11) is 0. The zero-order valence-corrected chi connectivity index (χ0v) is 18.3. The number of ether oxygens (including phenoxy) is 4. The van der Waals surface area contributed by atoms with Crippen molar-refractivity contribution in [1.29, 1.82) is 0 Å². The molecule has 0 aromatic heterocycles. The molecule has 5 rings (SSSR count). The van der Waals surface area contributed by atoms with E-state index in [1.807, 2.05) is 36.4 Å². The summed E-state index contributed by atoms with van der Waals surface area (Å²) < 4.78 is 22.8. The Bertz CT molecular complexity index is 1060. The lowest BCUT2D eigenvalue weighted by Gasteiger charge is -2.36. The number of carbonyl (C=O) groups is 2. The van der Waals surface area contributed by atoms with Gasteiger partial charge in [-0.15, -0.1) is 0 Å². The van der Waals surface area contributed by atoms with Crippen molar-refractivity contribution in [3.63, 3.8) is 0 Å². The normalized spacial score (nSPS) is 19.8. The van der Waals surface area contributed by atoms with Crippen LogP contribution in [0.2, 0.25) is 0 Å². The maximum Gasteiger partial charge on any atom is 0.267 e. The van der Waals surface area contributed by atoms with E-state index in [4.69, 9.17) is 18.9 Å². The van der Waals surface area contributed by atoms with Crippen molar-refractivity contribution in [2.75, 3.05) is 46.0 Å². The molecule has 2 aromatic carbocycles.